The third kappa shape index (κ3) is 24.7. The number of hydrogen-bond donors (Lipinski definition) is 7. The third-order valence-corrected chi connectivity index (χ3v) is 11.5. The Morgan fingerprint density at radius 3 is 1.38 bits per heavy atom. The number of aliphatic hydroxyl groups is 3. The van der Waals surface area contributed by atoms with Crippen molar-refractivity contribution in [2.45, 2.75) is 243 Å². The van der Waals surface area contributed by atoms with Crippen molar-refractivity contribution in [3.8, 4) is 0 Å². The van der Waals surface area contributed by atoms with E-state index in [-0.39, 0.29) is 24.7 Å². The molecule has 0 aliphatic carbocycles. The summed E-state index contributed by atoms with van der Waals surface area (Å²) in [5.41, 5.74) is 0. The molecule has 1 aliphatic heterocycles. The number of unbranched alkanes of at least 4 members (excludes halogenated alkanes) is 22. The van der Waals surface area contributed by atoms with Crippen molar-refractivity contribution in [1.29, 1.82) is 0 Å². The number of carbonyl (C=O) groups excluding carboxylic acids is 3. The van der Waals surface area contributed by atoms with Crippen molar-refractivity contribution in [2.24, 2.45) is 5.92 Å². The summed E-state index contributed by atoms with van der Waals surface area (Å²) in [6.45, 7) is 5.41. The molecule has 0 bridgehead atoms. The molecule has 0 aromatic heterocycles. The van der Waals surface area contributed by atoms with Crippen LogP contribution in [-0.4, -0.2) is 101 Å². The summed E-state index contributed by atoms with van der Waals surface area (Å²) in [6.07, 6.45) is 23.3. The van der Waals surface area contributed by atoms with Crippen molar-refractivity contribution in [3.05, 3.63) is 0 Å². The smallest absolute Gasteiger partial charge is 0.303 e. The Kier molecular flexibility index (Phi) is 31.8. The van der Waals surface area contributed by atoms with Gasteiger partial charge < -0.3 is 45.9 Å². The lowest BCUT2D eigenvalue weighted by Gasteiger charge is -2.26. The molecule has 0 aromatic rings. The van der Waals surface area contributed by atoms with E-state index in [0.717, 1.165) is 38.5 Å². The second-order valence-electron chi connectivity index (χ2n) is 16.7. The van der Waals surface area contributed by atoms with Gasteiger partial charge in [-0.15, -0.1) is 0 Å². The topological polar surface area (TPSA) is 204 Å². The molecule has 0 aromatic carbocycles. The summed E-state index contributed by atoms with van der Waals surface area (Å²) < 4.78 is 11.3. The van der Waals surface area contributed by atoms with Crippen LogP contribution in [0.5, 0.6) is 0 Å². The van der Waals surface area contributed by atoms with Gasteiger partial charge in [-0.05, 0) is 26.2 Å². The fourth-order valence-corrected chi connectivity index (χ4v) is 7.72. The molecule has 0 spiro atoms. The SMILES string of the molecule is CCCCCCCCCCCCCCC(CCCCCCCCCCCCCC)C(=O)N[C@H](CO[C@@H]1O[C@H]([C@H](C)O)[C@@H](O)[C@@H]1O)C(=O)N[C@@H](CCC(=O)O)C(=O)NC. The fourth-order valence-electron chi connectivity index (χ4n) is 7.72. The molecule has 340 valence electrons. The number of aliphatic carboxylic acids is 1. The molecule has 0 saturated carbocycles. The Morgan fingerprint density at radius 1 is 0.586 bits per heavy atom. The summed E-state index contributed by atoms with van der Waals surface area (Å²) in [6, 6.07) is -2.50. The molecule has 13 nitrogen and oxygen atoms in total. The minimum absolute atomic E-state index is 0.171. The van der Waals surface area contributed by atoms with Gasteiger partial charge in [-0.3, -0.25) is 19.2 Å². The number of ether oxygens (including phenoxy) is 2. The number of carboxylic acid groups (broad SMARTS) is 1. The maximum absolute atomic E-state index is 14.0. The molecule has 58 heavy (non-hydrogen) atoms. The van der Waals surface area contributed by atoms with Crippen LogP contribution in [0.4, 0.5) is 0 Å². The Labute approximate surface area is 350 Å². The van der Waals surface area contributed by atoms with Crippen LogP contribution < -0.4 is 16.0 Å². The average Bonchev–Trinajstić information content (AvgIpc) is 3.49. The first-order valence-electron chi connectivity index (χ1n) is 23.3. The number of rotatable bonds is 38. The number of aliphatic hydroxyl groups excluding tert-OH is 3. The quantitative estimate of drug-likeness (QED) is 0.0312. The number of likely N-dealkylation sites (N-methyl/N-ethyl adjacent to an activating group) is 1. The van der Waals surface area contributed by atoms with E-state index in [2.05, 4.69) is 29.8 Å². The largest absolute Gasteiger partial charge is 0.481 e. The highest BCUT2D eigenvalue weighted by Crippen LogP contribution is 2.25. The predicted molar refractivity (Wildman–Crippen MR) is 228 cm³/mol. The van der Waals surface area contributed by atoms with Gasteiger partial charge in [-0.1, -0.05) is 168 Å². The van der Waals surface area contributed by atoms with Crippen LogP contribution in [0.2, 0.25) is 0 Å². The standard InChI is InChI=1S/C45H85N3O10/c1-5-7-9-11-13-15-17-19-21-23-25-27-29-35(30-28-26-24-22-20-18-16-14-12-10-8-6-2)42(54)48-37(33-57-45-40(53)39(52)41(58-45)34(3)49)44(56)47-36(43(55)46-4)31-32-38(50)51/h34-37,39-41,45,49,52-53H,5-33H2,1-4H3,(H,46,55)(H,47,56)(H,48,54)(H,50,51)/t34-,36-,37+,39-,40-,41+,45+/m0/s1. The molecule has 7 atom stereocenters. The maximum atomic E-state index is 14.0. The van der Waals surface area contributed by atoms with Gasteiger partial charge in [0.25, 0.3) is 0 Å². The molecular formula is C45H85N3O10. The van der Waals surface area contributed by atoms with E-state index in [1.165, 1.54) is 130 Å². The van der Waals surface area contributed by atoms with E-state index < -0.39 is 67.2 Å². The Bertz CT molecular complexity index is 1050. The molecule has 7 N–H and O–H groups in total. The van der Waals surface area contributed by atoms with Crippen LogP contribution in [0.3, 0.4) is 0 Å². The average molecular weight is 828 g/mol. The van der Waals surface area contributed by atoms with E-state index in [0.29, 0.717) is 12.8 Å². The zero-order valence-electron chi connectivity index (χ0n) is 36.9. The van der Waals surface area contributed by atoms with Crippen molar-refractivity contribution < 1.29 is 49.1 Å². The fraction of sp³-hybridized carbons (Fsp3) is 0.911. The Hall–Kier alpha value is -2.32. The van der Waals surface area contributed by atoms with Gasteiger partial charge in [0.2, 0.25) is 17.7 Å². The summed E-state index contributed by atoms with van der Waals surface area (Å²) in [7, 11) is 1.38. The highest BCUT2D eigenvalue weighted by Gasteiger charge is 2.46. The van der Waals surface area contributed by atoms with Crippen LogP contribution in [0.15, 0.2) is 0 Å². The van der Waals surface area contributed by atoms with Crippen molar-refractivity contribution in [1.82, 2.24) is 16.0 Å². The second-order valence-corrected chi connectivity index (χ2v) is 16.7. The number of hydrogen-bond acceptors (Lipinski definition) is 9. The molecular weight excluding hydrogens is 743 g/mol. The van der Waals surface area contributed by atoms with E-state index >= 15 is 0 Å². The van der Waals surface area contributed by atoms with Crippen LogP contribution in [-0.2, 0) is 28.7 Å². The van der Waals surface area contributed by atoms with Gasteiger partial charge in [-0.25, -0.2) is 0 Å². The molecule has 1 saturated heterocycles. The zero-order chi connectivity index (χ0) is 43.0. The minimum atomic E-state index is -1.52. The molecule has 1 fully saturated rings. The molecule has 3 amide bonds. The Balaban J connectivity index is 2.92. The van der Waals surface area contributed by atoms with Crippen LogP contribution in [0, 0.1) is 5.92 Å². The van der Waals surface area contributed by atoms with Gasteiger partial charge in [0, 0.05) is 19.4 Å². The summed E-state index contributed by atoms with van der Waals surface area (Å²) >= 11 is 0. The zero-order valence-corrected chi connectivity index (χ0v) is 36.9. The van der Waals surface area contributed by atoms with E-state index in [9.17, 15) is 39.6 Å². The third-order valence-electron chi connectivity index (χ3n) is 11.5. The number of carboxylic acids is 1. The summed E-state index contributed by atoms with van der Waals surface area (Å²) in [4.78, 5) is 51.6. The first-order chi connectivity index (χ1) is 28.0. The maximum Gasteiger partial charge on any atom is 0.303 e. The van der Waals surface area contributed by atoms with Crippen LogP contribution in [0.1, 0.15) is 201 Å². The van der Waals surface area contributed by atoms with E-state index in [1.807, 2.05) is 0 Å². The van der Waals surface area contributed by atoms with E-state index in [4.69, 9.17) is 9.47 Å². The molecule has 1 heterocycles. The summed E-state index contributed by atoms with van der Waals surface area (Å²) in [5.74, 6) is -3.14. The molecule has 1 rings (SSSR count). The van der Waals surface area contributed by atoms with Crippen molar-refractivity contribution in [3.63, 3.8) is 0 Å². The normalized spacial score (nSPS) is 19.5. The number of carbonyl (C=O) groups is 4. The Morgan fingerprint density at radius 2 is 1.00 bits per heavy atom. The van der Waals surface area contributed by atoms with Crippen molar-refractivity contribution in [2.75, 3.05) is 13.7 Å². The van der Waals surface area contributed by atoms with Gasteiger partial charge in [-0.2, -0.15) is 0 Å². The van der Waals surface area contributed by atoms with Gasteiger partial charge >= 0.3 is 5.97 Å². The molecule has 13 heteroatoms. The number of nitrogens with one attached hydrogen (secondary N) is 3. The van der Waals surface area contributed by atoms with Gasteiger partial charge in [0.05, 0.1) is 12.7 Å². The lowest BCUT2D eigenvalue weighted by molar-refractivity contribution is -0.181. The summed E-state index contributed by atoms with van der Waals surface area (Å²) in [5, 5.41) is 48.0. The molecule has 0 unspecified atom stereocenters. The van der Waals surface area contributed by atoms with E-state index in [1.54, 1.807) is 0 Å². The second kappa shape index (κ2) is 34.4. The predicted octanol–water partition coefficient (Wildman–Crippen LogP) is 7.21. The highest BCUT2D eigenvalue weighted by molar-refractivity contribution is 5.92. The lowest BCUT2D eigenvalue weighted by Crippen LogP contribution is -2.56. The number of amides is 3. The van der Waals surface area contributed by atoms with Gasteiger partial charge in [0.1, 0.15) is 30.4 Å². The lowest BCUT2D eigenvalue weighted by atomic mass is 9.93. The minimum Gasteiger partial charge on any atom is -0.481 e. The van der Waals surface area contributed by atoms with Gasteiger partial charge in [0.15, 0.2) is 6.29 Å². The van der Waals surface area contributed by atoms with Crippen molar-refractivity contribution >= 4 is 23.7 Å². The first kappa shape index (κ1) is 53.7. The first-order valence-corrected chi connectivity index (χ1v) is 23.3. The molecule has 0 radical (unpaired) electrons. The van der Waals surface area contributed by atoms with Crippen LogP contribution >= 0.6 is 0 Å². The molecule has 1 aliphatic rings. The highest BCUT2D eigenvalue weighted by atomic mass is 16.7. The van der Waals surface area contributed by atoms with Crippen LogP contribution in [0.25, 0.3) is 0 Å². The monoisotopic (exact) mass is 828 g/mol.